The maximum absolute atomic E-state index is 7.91. The van der Waals surface area contributed by atoms with E-state index in [2.05, 4.69) is 32.9 Å². The van der Waals surface area contributed by atoms with Crippen LogP contribution >= 0.6 is 0 Å². The summed E-state index contributed by atoms with van der Waals surface area (Å²) in [5.74, 6) is 0. The Labute approximate surface area is 86.1 Å². The largest absolute Gasteiger partial charge is 0.193 e. The molecule has 2 heteroatoms. The first-order valence-corrected chi connectivity index (χ1v) is 3.59. The molecule has 14 heavy (non-hydrogen) atoms. The average Bonchev–Trinajstić information content (AvgIpc) is 2.28. The Hall–Kier alpha value is -2.32. The Bertz CT molecular complexity index is 266. The van der Waals surface area contributed by atoms with Gasteiger partial charge in [-0.3, -0.25) is 0 Å². The maximum atomic E-state index is 7.91. The van der Waals surface area contributed by atoms with Crippen LogP contribution in [0.1, 0.15) is 0 Å². The lowest BCUT2D eigenvalue weighted by Crippen LogP contribution is -1.57. The minimum absolute atomic E-state index is 0.412. The Kier molecular flexibility index (Phi) is 28.3. The predicted molar refractivity (Wildman–Crippen MR) is 61.2 cm³/mol. The highest BCUT2D eigenvalue weighted by molar-refractivity contribution is 5.26. The van der Waals surface area contributed by atoms with Crippen LogP contribution in [0.5, 0.6) is 0 Å². The highest BCUT2D eigenvalue weighted by Crippen LogP contribution is 1.81. The van der Waals surface area contributed by atoms with Gasteiger partial charge in [0.15, 0.2) is 0 Å². The summed E-state index contributed by atoms with van der Waals surface area (Å²) in [5.41, 5.74) is 0.412. The first-order valence-electron chi connectivity index (χ1n) is 3.59. The molecule has 0 aromatic carbocycles. The van der Waals surface area contributed by atoms with Crippen LogP contribution < -0.4 is 0 Å². The fraction of sp³-hybridized carbons (Fsp3) is 0. The standard InChI is InChI=1S/C5H5N.C4H6.C3H3N/c1-3-5(2)4-6;1-3-4-2;1-2-3-4/h3H,1-2H2;3-4H,1-2H2;2H,1H2. The zero-order chi connectivity index (χ0) is 11.8. The minimum atomic E-state index is 0.412. The molecule has 0 atom stereocenters. The molecule has 0 amide bonds. The van der Waals surface area contributed by atoms with Gasteiger partial charge in [-0.15, -0.1) is 0 Å². The minimum Gasteiger partial charge on any atom is -0.193 e. The Morgan fingerprint density at radius 1 is 1.00 bits per heavy atom. The summed E-state index contributed by atoms with van der Waals surface area (Å²) in [6.07, 6.45) is 5.88. The van der Waals surface area contributed by atoms with E-state index in [9.17, 15) is 0 Å². The number of hydrogen-bond donors (Lipinski definition) is 0. The molecule has 0 radical (unpaired) electrons. The van der Waals surface area contributed by atoms with Crippen LogP contribution in [0.4, 0.5) is 0 Å². The normalized spacial score (nSPS) is 5.00. The predicted octanol–water partition coefficient (Wildman–Crippen LogP) is 3.31. The Balaban J connectivity index is -0.000000135. The van der Waals surface area contributed by atoms with Gasteiger partial charge in [0.1, 0.15) is 0 Å². The molecule has 0 aliphatic carbocycles. The smallest absolute Gasteiger partial charge is 0.0985 e. The molecule has 0 aromatic rings. The summed E-state index contributed by atoms with van der Waals surface area (Å²) in [5, 5.41) is 15.4. The highest BCUT2D eigenvalue weighted by Gasteiger charge is 1.70. The van der Waals surface area contributed by atoms with Crippen molar-refractivity contribution in [3.05, 3.63) is 62.8 Å². The van der Waals surface area contributed by atoms with E-state index in [1.807, 2.05) is 0 Å². The van der Waals surface area contributed by atoms with E-state index in [0.717, 1.165) is 0 Å². The van der Waals surface area contributed by atoms with Crippen LogP contribution in [0.2, 0.25) is 0 Å². The second-order valence-corrected chi connectivity index (χ2v) is 1.65. The molecule has 0 bridgehead atoms. The third-order valence-electron chi connectivity index (χ3n) is 0.648. The van der Waals surface area contributed by atoms with Crippen molar-refractivity contribution in [3.63, 3.8) is 0 Å². The van der Waals surface area contributed by atoms with Crippen molar-refractivity contribution in [3.8, 4) is 12.1 Å². The summed E-state index contributed by atoms with van der Waals surface area (Å²) in [7, 11) is 0. The molecule has 0 rings (SSSR count). The summed E-state index contributed by atoms with van der Waals surface area (Å²) in [4.78, 5) is 0. The lowest BCUT2D eigenvalue weighted by molar-refractivity contribution is 1.51. The first-order chi connectivity index (χ1) is 6.64. The molecule has 2 nitrogen and oxygen atoms in total. The third-order valence-corrected chi connectivity index (χ3v) is 0.648. The summed E-state index contributed by atoms with van der Waals surface area (Å²) in [6, 6.07) is 3.50. The number of allylic oxidation sites excluding steroid dienone is 5. The van der Waals surface area contributed by atoms with Crippen LogP contribution in [-0.2, 0) is 0 Å². The molecule has 0 aromatic heterocycles. The topological polar surface area (TPSA) is 47.6 Å². The summed E-state index contributed by atoms with van der Waals surface area (Å²) >= 11 is 0. The molecule has 0 spiro atoms. The molecular weight excluding hydrogens is 172 g/mol. The van der Waals surface area contributed by atoms with Crippen LogP contribution in [0.3, 0.4) is 0 Å². The van der Waals surface area contributed by atoms with E-state index in [1.54, 1.807) is 24.3 Å². The molecular formula is C12H14N2. The van der Waals surface area contributed by atoms with E-state index in [-0.39, 0.29) is 0 Å². The van der Waals surface area contributed by atoms with Gasteiger partial charge in [-0.25, -0.2) is 0 Å². The zero-order valence-corrected chi connectivity index (χ0v) is 8.24. The van der Waals surface area contributed by atoms with E-state index in [0.29, 0.717) is 5.57 Å². The lowest BCUT2D eigenvalue weighted by Gasteiger charge is -1.68. The van der Waals surface area contributed by atoms with Gasteiger partial charge < -0.3 is 0 Å². The van der Waals surface area contributed by atoms with Crippen molar-refractivity contribution >= 4 is 0 Å². The second-order valence-electron chi connectivity index (χ2n) is 1.65. The first kappa shape index (κ1) is 17.7. The second kappa shape index (κ2) is 22.4. The molecule has 72 valence electrons. The van der Waals surface area contributed by atoms with Crippen molar-refractivity contribution in [1.29, 1.82) is 10.5 Å². The molecule has 0 saturated heterocycles. The van der Waals surface area contributed by atoms with Gasteiger partial charge in [-0.05, 0) is 0 Å². The molecule has 0 unspecified atom stereocenters. The van der Waals surface area contributed by atoms with Crippen LogP contribution in [-0.4, -0.2) is 0 Å². The SMILES string of the molecule is C=CC#N.C=CC(=C)C#N.C=CC=C. The van der Waals surface area contributed by atoms with Gasteiger partial charge in [0.25, 0.3) is 0 Å². The van der Waals surface area contributed by atoms with Gasteiger partial charge in [0.2, 0.25) is 0 Å². The quantitative estimate of drug-likeness (QED) is 0.490. The molecule has 0 aliphatic rings. The monoisotopic (exact) mass is 186 g/mol. The Morgan fingerprint density at radius 2 is 1.36 bits per heavy atom. The molecule has 0 saturated carbocycles. The molecule has 0 heterocycles. The molecule has 0 N–H and O–H groups in total. The van der Waals surface area contributed by atoms with Crippen molar-refractivity contribution in [2.45, 2.75) is 0 Å². The lowest BCUT2D eigenvalue weighted by atomic mass is 10.3. The maximum Gasteiger partial charge on any atom is 0.0985 e. The van der Waals surface area contributed by atoms with Crippen LogP contribution in [0.25, 0.3) is 0 Å². The number of rotatable bonds is 2. The zero-order valence-electron chi connectivity index (χ0n) is 8.24. The number of nitrogens with zero attached hydrogens (tertiary/aromatic N) is 2. The van der Waals surface area contributed by atoms with E-state index in [1.165, 1.54) is 12.2 Å². The van der Waals surface area contributed by atoms with Gasteiger partial charge in [-0.2, -0.15) is 10.5 Å². The fourth-order valence-electron chi connectivity index (χ4n) is 0.0456. The Morgan fingerprint density at radius 3 is 1.36 bits per heavy atom. The molecule has 0 aliphatic heterocycles. The van der Waals surface area contributed by atoms with Crippen molar-refractivity contribution in [2.75, 3.05) is 0 Å². The van der Waals surface area contributed by atoms with E-state index < -0.39 is 0 Å². The summed E-state index contributed by atoms with van der Waals surface area (Å²) < 4.78 is 0. The fourth-order valence-corrected chi connectivity index (χ4v) is 0.0456. The van der Waals surface area contributed by atoms with Crippen molar-refractivity contribution in [2.24, 2.45) is 0 Å². The van der Waals surface area contributed by atoms with Gasteiger partial charge >= 0.3 is 0 Å². The van der Waals surface area contributed by atoms with Crippen LogP contribution in [0.15, 0.2) is 62.8 Å². The average molecular weight is 186 g/mol. The summed E-state index contributed by atoms with van der Waals surface area (Å²) in [6.45, 7) is 16.5. The number of hydrogen-bond acceptors (Lipinski definition) is 2. The third kappa shape index (κ3) is 53.9. The van der Waals surface area contributed by atoms with E-state index in [4.69, 9.17) is 10.5 Å². The van der Waals surface area contributed by atoms with Gasteiger partial charge in [0.05, 0.1) is 12.1 Å². The van der Waals surface area contributed by atoms with E-state index >= 15 is 0 Å². The van der Waals surface area contributed by atoms with Gasteiger partial charge in [-0.1, -0.05) is 51.1 Å². The highest BCUT2D eigenvalue weighted by atomic mass is 14.2. The number of nitriles is 2. The van der Waals surface area contributed by atoms with Gasteiger partial charge in [0, 0.05) is 11.6 Å². The van der Waals surface area contributed by atoms with Crippen molar-refractivity contribution in [1.82, 2.24) is 0 Å². The molecule has 0 fully saturated rings. The van der Waals surface area contributed by atoms with Crippen LogP contribution in [0, 0.1) is 22.7 Å². The van der Waals surface area contributed by atoms with Crippen molar-refractivity contribution < 1.29 is 0 Å².